The minimum absolute atomic E-state index is 0.110. The first kappa shape index (κ1) is 34.1. The van der Waals surface area contributed by atoms with Crippen LogP contribution in [-0.2, 0) is 28.5 Å². The third kappa shape index (κ3) is 6.91. The lowest BCUT2D eigenvalue weighted by Crippen LogP contribution is -2.59. The molecular formula is C37H54O8. The Labute approximate surface area is 269 Å². The van der Waals surface area contributed by atoms with Gasteiger partial charge in [-0.15, -0.1) is 0 Å². The van der Waals surface area contributed by atoms with E-state index in [0.29, 0.717) is 37.4 Å². The number of carbonyl (C=O) groups excluding carboxylic acids is 1. The average Bonchev–Trinajstić information content (AvgIpc) is 3.29. The topological polar surface area (TPSA) is 104 Å². The minimum Gasteiger partial charge on any atom is -0.494 e. The van der Waals surface area contributed by atoms with Crippen molar-refractivity contribution in [1.29, 1.82) is 0 Å². The monoisotopic (exact) mass is 626 g/mol. The number of rotatable bonds is 3. The summed E-state index contributed by atoms with van der Waals surface area (Å²) in [5, 5.41) is 23.7. The molecule has 250 valence electrons. The number of carbonyl (C=O) groups is 1. The smallest absolute Gasteiger partial charge is 0.316 e. The molecule has 0 aromatic carbocycles. The van der Waals surface area contributed by atoms with E-state index in [-0.39, 0.29) is 36.8 Å². The van der Waals surface area contributed by atoms with Crippen LogP contribution in [0.5, 0.6) is 0 Å². The highest BCUT2D eigenvalue weighted by atomic mass is 16.7. The Morgan fingerprint density at radius 3 is 2.62 bits per heavy atom. The van der Waals surface area contributed by atoms with Crippen LogP contribution in [-0.4, -0.2) is 71.8 Å². The second kappa shape index (κ2) is 13.5. The summed E-state index contributed by atoms with van der Waals surface area (Å²) in [6.45, 7) is 14.8. The van der Waals surface area contributed by atoms with Crippen molar-refractivity contribution >= 4 is 5.97 Å². The van der Waals surface area contributed by atoms with E-state index in [1.54, 1.807) is 19.3 Å². The average molecular weight is 627 g/mol. The maximum absolute atomic E-state index is 14.2. The number of esters is 1. The normalized spacial score (nSPS) is 45.8. The number of aliphatic hydroxyl groups excluding tert-OH is 1. The maximum atomic E-state index is 14.2. The molecule has 3 fully saturated rings. The highest BCUT2D eigenvalue weighted by molar-refractivity contribution is 5.78. The summed E-state index contributed by atoms with van der Waals surface area (Å²) in [6.07, 6.45) is 12.4. The third-order valence-corrected chi connectivity index (χ3v) is 10.4. The molecule has 0 radical (unpaired) electrons. The van der Waals surface area contributed by atoms with Crippen LogP contribution >= 0.6 is 0 Å². The molecule has 5 rings (SSSR count). The van der Waals surface area contributed by atoms with Gasteiger partial charge in [0, 0.05) is 32.3 Å². The van der Waals surface area contributed by atoms with E-state index in [2.05, 4.69) is 45.9 Å². The Morgan fingerprint density at radius 2 is 1.91 bits per heavy atom. The van der Waals surface area contributed by atoms with Crippen molar-refractivity contribution in [2.24, 2.45) is 29.6 Å². The van der Waals surface area contributed by atoms with Gasteiger partial charge in [-0.2, -0.15) is 0 Å². The lowest BCUT2D eigenvalue weighted by molar-refractivity contribution is -0.342. The molecular weight excluding hydrogens is 572 g/mol. The molecule has 0 aromatic rings. The summed E-state index contributed by atoms with van der Waals surface area (Å²) in [6, 6.07) is 0. The zero-order valence-corrected chi connectivity index (χ0v) is 28.3. The summed E-state index contributed by atoms with van der Waals surface area (Å²) in [5.41, 5.74) is 1.55. The van der Waals surface area contributed by atoms with Gasteiger partial charge in [-0.1, -0.05) is 63.6 Å². The Morgan fingerprint density at radius 1 is 1.16 bits per heavy atom. The molecule has 2 bridgehead atoms. The van der Waals surface area contributed by atoms with Crippen molar-refractivity contribution in [3.8, 4) is 0 Å². The molecule has 5 aliphatic rings. The van der Waals surface area contributed by atoms with Gasteiger partial charge in [0.05, 0.1) is 36.9 Å². The number of ether oxygens (including phenoxy) is 5. The predicted molar refractivity (Wildman–Crippen MR) is 172 cm³/mol. The van der Waals surface area contributed by atoms with Gasteiger partial charge in [-0.05, 0) is 62.7 Å². The SMILES string of the molecule is CO[C@H]1C(C)=C[C@H]2C(=O)O[C@@H]3C[C@@H](C/C=C(\C)C[C@@H](C)/C=C/C=C4\OC[C@H]1[C@@]42O)O[C@]1(C3)C[C@@H](O)[C@H](C)[C@@H](/C(C)=C/C(C)C)O1. The van der Waals surface area contributed by atoms with Crippen molar-refractivity contribution in [2.75, 3.05) is 13.7 Å². The molecule has 1 spiro atoms. The Kier molecular flexibility index (Phi) is 10.2. The fourth-order valence-corrected chi connectivity index (χ4v) is 8.24. The van der Waals surface area contributed by atoms with E-state index in [1.165, 1.54) is 5.57 Å². The van der Waals surface area contributed by atoms with Gasteiger partial charge in [0.25, 0.3) is 0 Å². The number of aliphatic hydroxyl groups is 2. The third-order valence-electron chi connectivity index (χ3n) is 10.4. The van der Waals surface area contributed by atoms with Crippen LogP contribution in [0.3, 0.4) is 0 Å². The van der Waals surface area contributed by atoms with Crippen molar-refractivity contribution in [1.82, 2.24) is 0 Å². The number of methoxy groups -OCH3 is 1. The van der Waals surface area contributed by atoms with Crippen molar-refractivity contribution in [3.63, 3.8) is 0 Å². The molecule has 0 unspecified atom stereocenters. The first-order valence-electron chi connectivity index (χ1n) is 16.8. The molecule has 4 heterocycles. The fraction of sp³-hybridized carbons (Fsp3) is 0.703. The first-order chi connectivity index (χ1) is 21.3. The fourth-order valence-electron chi connectivity index (χ4n) is 8.24. The maximum Gasteiger partial charge on any atom is 0.316 e. The van der Waals surface area contributed by atoms with Crippen molar-refractivity contribution in [2.45, 2.75) is 122 Å². The van der Waals surface area contributed by atoms with E-state index < -0.39 is 41.4 Å². The number of hydrogen-bond donors (Lipinski definition) is 2. The summed E-state index contributed by atoms with van der Waals surface area (Å²) >= 11 is 0. The summed E-state index contributed by atoms with van der Waals surface area (Å²) < 4.78 is 31.8. The number of hydrogen-bond acceptors (Lipinski definition) is 8. The first-order valence-corrected chi connectivity index (χ1v) is 16.8. The Balaban J connectivity index is 1.53. The summed E-state index contributed by atoms with van der Waals surface area (Å²) in [5.74, 6) is -2.23. The van der Waals surface area contributed by atoms with Crippen LogP contribution in [0.25, 0.3) is 0 Å². The van der Waals surface area contributed by atoms with Crippen LogP contribution < -0.4 is 0 Å². The Hall–Kier alpha value is -2.23. The van der Waals surface area contributed by atoms with Crippen LogP contribution in [0.15, 0.2) is 58.9 Å². The van der Waals surface area contributed by atoms with Crippen LogP contribution in [0.2, 0.25) is 0 Å². The molecule has 8 heteroatoms. The van der Waals surface area contributed by atoms with Gasteiger partial charge >= 0.3 is 5.97 Å². The molecule has 0 amide bonds. The van der Waals surface area contributed by atoms with Crippen molar-refractivity contribution in [3.05, 3.63) is 58.9 Å². The highest BCUT2D eigenvalue weighted by Gasteiger charge is 2.61. The lowest BCUT2D eigenvalue weighted by atomic mass is 9.68. The zero-order chi connectivity index (χ0) is 32.7. The van der Waals surface area contributed by atoms with Gasteiger partial charge in [0.15, 0.2) is 5.79 Å². The molecule has 0 aromatic heterocycles. The summed E-state index contributed by atoms with van der Waals surface area (Å²) in [7, 11) is 1.62. The molecule has 8 nitrogen and oxygen atoms in total. The van der Waals surface area contributed by atoms with Crippen LogP contribution in [0, 0.1) is 29.6 Å². The van der Waals surface area contributed by atoms with Gasteiger partial charge in [-0.25, -0.2) is 0 Å². The second-order valence-electron chi connectivity index (χ2n) is 14.6. The van der Waals surface area contributed by atoms with E-state index in [9.17, 15) is 15.0 Å². The largest absolute Gasteiger partial charge is 0.494 e. The molecule has 0 saturated carbocycles. The number of allylic oxidation sites excluding steroid dienone is 5. The Bertz CT molecular complexity index is 1260. The highest BCUT2D eigenvalue weighted by Crippen LogP contribution is 2.50. The van der Waals surface area contributed by atoms with E-state index >= 15 is 0 Å². The van der Waals surface area contributed by atoms with Gasteiger partial charge in [0.2, 0.25) is 0 Å². The molecule has 45 heavy (non-hydrogen) atoms. The second-order valence-corrected chi connectivity index (χ2v) is 14.6. The van der Waals surface area contributed by atoms with Crippen molar-refractivity contribution < 1.29 is 38.7 Å². The minimum atomic E-state index is -1.61. The molecule has 2 N–H and O–H groups in total. The lowest BCUT2D eigenvalue weighted by Gasteiger charge is -2.51. The van der Waals surface area contributed by atoms with E-state index in [0.717, 1.165) is 17.6 Å². The zero-order valence-electron chi connectivity index (χ0n) is 28.3. The summed E-state index contributed by atoms with van der Waals surface area (Å²) in [4.78, 5) is 14.2. The number of fused-ring (bicyclic) bond motifs is 2. The standard InChI is InChI=1S/C37H54O8/c1-21(2)14-24(5)33-26(7)31(38)19-36(45-33)18-28-17-27(44-36)13-12-23(4)15-22(3)10-9-11-32-37(40)29(35(39)43-28)16-25(6)34(41-8)30(37)20-42-32/h9-12,14,16,21-22,26-31,33-34,38,40H,13,15,17-20H2,1-8H3/b10-9+,23-12+,24-14+,32-11-/t22-,26-,27+,28+,29-,30+,31+,33+,34-,36-,37+/m0/s1. The molecule has 3 saturated heterocycles. The van der Waals surface area contributed by atoms with Gasteiger partial charge in [-0.3, -0.25) is 4.79 Å². The quantitative estimate of drug-likeness (QED) is 0.293. The van der Waals surface area contributed by atoms with Gasteiger partial charge in [0.1, 0.15) is 23.4 Å². The predicted octanol–water partition coefficient (Wildman–Crippen LogP) is 5.95. The van der Waals surface area contributed by atoms with Crippen LogP contribution in [0.4, 0.5) is 0 Å². The molecule has 11 atom stereocenters. The molecule has 1 aliphatic carbocycles. The van der Waals surface area contributed by atoms with Crippen LogP contribution in [0.1, 0.15) is 80.6 Å². The van der Waals surface area contributed by atoms with E-state index in [4.69, 9.17) is 23.7 Å². The molecule has 4 aliphatic heterocycles. The van der Waals surface area contributed by atoms with E-state index in [1.807, 2.05) is 26.8 Å². The van der Waals surface area contributed by atoms with Gasteiger partial charge < -0.3 is 33.9 Å².